The van der Waals surface area contributed by atoms with Gasteiger partial charge in [0.15, 0.2) is 0 Å². The zero-order valence-electron chi connectivity index (χ0n) is 12.7. The van der Waals surface area contributed by atoms with Crippen molar-refractivity contribution in [1.29, 1.82) is 0 Å². The Morgan fingerprint density at radius 3 is 2.71 bits per heavy atom. The summed E-state index contributed by atoms with van der Waals surface area (Å²) in [7, 11) is 0. The minimum Gasteiger partial charge on any atom is -0.379 e. The predicted octanol–water partition coefficient (Wildman–Crippen LogP) is 3.64. The van der Waals surface area contributed by atoms with Crippen molar-refractivity contribution in [1.82, 2.24) is 5.16 Å². The van der Waals surface area contributed by atoms with Gasteiger partial charge < -0.3 is 15.2 Å². The first-order chi connectivity index (χ1) is 10.1. The molecule has 2 N–H and O–H groups in total. The highest BCUT2D eigenvalue weighted by molar-refractivity contribution is 5.92. The van der Waals surface area contributed by atoms with Gasteiger partial charge in [0, 0.05) is 23.9 Å². The number of carbonyl (C=O) groups is 1. The van der Waals surface area contributed by atoms with Crippen molar-refractivity contribution in [2.45, 2.75) is 40.2 Å². The average Bonchev–Trinajstić information content (AvgIpc) is 2.86. The van der Waals surface area contributed by atoms with E-state index in [0.29, 0.717) is 13.0 Å². The Labute approximate surface area is 124 Å². The van der Waals surface area contributed by atoms with Crippen LogP contribution in [0.25, 0.3) is 0 Å². The van der Waals surface area contributed by atoms with E-state index < -0.39 is 0 Å². The van der Waals surface area contributed by atoms with Gasteiger partial charge in [-0.15, -0.1) is 0 Å². The Kier molecular flexibility index (Phi) is 4.98. The molecule has 1 heterocycles. The number of aryl methyl sites for hydroxylation is 1. The zero-order valence-corrected chi connectivity index (χ0v) is 12.7. The SMILES string of the molecule is CCCC(=O)Nc1cccc(NCc2cc(C)on2)c1C. The van der Waals surface area contributed by atoms with Crippen molar-refractivity contribution < 1.29 is 9.32 Å². The molecular weight excluding hydrogens is 266 g/mol. The molecule has 112 valence electrons. The quantitative estimate of drug-likeness (QED) is 0.851. The highest BCUT2D eigenvalue weighted by atomic mass is 16.5. The Morgan fingerprint density at radius 2 is 2.05 bits per heavy atom. The molecule has 0 saturated carbocycles. The van der Waals surface area contributed by atoms with Gasteiger partial charge in [-0.2, -0.15) is 0 Å². The third kappa shape index (κ3) is 4.08. The van der Waals surface area contributed by atoms with Crippen LogP contribution in [0.3, 0.4) is 0 Å². The first-order valence-corrected chi connectivity index (χ1v) is 7.15. The average molecular weight is 287 g/mol. The van der Waals surface area contributed by atoms with Gasteiger partial charge in [-0.3, -0.25) is 4.79 Å². The standard InChI is InChI=1S/C16H21N3O2/c1-4-6-16(20)18-15-8-5-7-14(12(15)3)17-10-13-9-11(2)21-19-13/h5,7-9,17H,4,6,10H2,1-3H3,(H,18,20). The van der Waals surface area contributed by atoms with E-state index in [1.165, 1.54) is 0 Å². The van der Waals surface area contributed by atoms with E-state index >= 15 is 0 Å². The van der Waals surface area contributed by atoms with E-state index in [-0.39, 0.29) is 5.91 Å². The fraction of sp³-hybridized carbons (Fsp3) is 0.375. The lowest BCUT2D eigenvalue weighted by atomic mass is 10.1. The number of hydrogen-bond acceptors (Lipinski definition) is 4. The van der Waals surface area contributed by atoms with Crippen LogP contribution in [0.2, 0.25) is 0 Å². The molecule has 5 nitrogen and oxygen atoms in total. The molecule has 5 heteroatoms. The topological polar surface area (TPSA) is 67.2 Å². The minimum absolute atomic E-state index is 0.0462. The van der Waals surface area contributed by atoms with Crippen LogP contribution in [0.15, 0.2) is 28.8 Å². The fourth-order valence-electron chi connectivity index (χ4n) is 2.09. The second-order valence-electron chi connectivity index (χ2n) is 5.06. The van der Waals surface area contributed by atoms with E-state index in [2.05, 4.69) is 15.8 Å². The summed E-state index contributed by atoms with van der Waals surface area (Å²) in [6.45, 7) is 6.43. The molecule has 0 atom stereocenters. The summed E-state index contributed by atoms with van der Waals surface area (Å²) >= 11 is 0. The third-order valence-corrected chi connectivity index (χ3v) is 3.22. The van der Waals surface area contributed by atoms with E-state index in [1.807, 2.05) is 45.0 Å². The number of benzene rings is 1. The lowest BCUT2D eigenvalue weighted by Crippen LogP contribution is -2.12. The minimum atomic E-state index is 0.0462. The van der Waals surface area contributed by atoms with Crippen molar-refractivity contribution in [3.8, 4) is 0 Å². The fourth-order valence-corrected chi connectivity index (χ4v) is 2.09. The summed E-state index contributed by atoms with van der Waals surface area (Å²) in [4.78, 5) is 11.7. The highest BCUT2D eigenvalue weighted by Crippen LogP contribution is 2.24. The molecular formula is C16H21N3O2. The number of amides is 1. The first kappa shape index (κ1) is 15.1. The summed E-state index contributed by atoms with van der Waals surface area (Å²) in [5, 5.41) is 10.2. The van der Waals surface area contributed by atoms with Crippen LogP contribution in [0, 0.1) is 13.8 Å². The molecule has 1 aromatic carbocycles. The molecule has 0 aliphatic rings. The zero-order chi connectivity index (χ0) is 15.2. The predicted molar refractivity (Wildman–Crippen MR) is 83.3 cm³/mol. The second kappa shape index (κ2) is 6.92. The van der Waals surface area contributed by atoms with Crippen LogP contribution in [-0.4, -0.2) is 11.1 Å². The molecule has 0 saturated heterocycles. The van der Waals surface area contributed by atoms with E-state index in [1.54, 1.807) is 0 Å². The molecule has 0 aliphatic heterocycles. The Morgan fingerprint density at radius 1 is 1.29 bits per heavy atom. The van der Waals surface area contributed by atoms with E-state index in [9.17, 15) is 4.79 Å². The molecule has 1 aromatic heterocycles. The summed E-state index contributed by atoms with van der Waals surface area (Å²) in [5.41, 5.74) is 3.69. The van der Waals surface area contributed by atoms with Crippen molar-refractivity contribution >= 4 is 17.3 Å². The number of nitrogens with zero attached hydrogens (tertiary/aromatic N) is 1. The maximum atomic E-state index is 11.7. The normalized spacial score (nSPS) is 10.4. The number of rotatable bonds is 6. The number of hydrogen-bond donors (Lipinski definition) is 2. The van der Waals surface area contributed by atoms with Gasteiger partial charge in [0.05, 0.1) is 6.54 Å². The van der Waals surface area contributed by atoms with Gasteiger partial charge in [0.2, 0.25) is 5.91 Å². The number of carbonyl (C=O) groups excluding carboxylic acids is 1. The van der Waals surface area contributed by atoms with E-state index in [0.717, 1.165) is 34.8 Å². The summed E-state index contributed by atoms with van der Waals surface area (Å²) in [5.74, 6) is 0.842. The molecule has 2 rings (SSSR count). The molecule has 1 amide bonds. The van der Waals surface area contributed by atoms with Crippen LogP contribution in [0.4, 0.5) is 11.4 Å². The van der Waals surface area contributed by atoms with Crippen LogP contribution in [0.1, 0.15) is 36.8 Å². The highest BCUT2D eigenvalue weighted by Gasteiger charge is 2.08. The van der Waals surface area contributed by atoms with Gasteiger partial charge in [-0.05, 0) is 38.0 Å². The van der Waals surface area contributed by atoms with Crippen molar-refractivity contribution in [3.05, 3.63) is 41.3 Å². The maximum Gasteiger partial charge on any atom is 0.224 e. The summed E-state index contributed by atoms with van der Waals surface area (Å²) < 4.78 is 5.04. The molecule has 2 aromatic rings. The smallest absolute Gasteiger partial charge is 0.224 e. The molecule has 0 spiro atoms. The summed E-state index contributed by atoms with van der Waals surface area (Å²) in [6.07, 6.45) is 1.38. The lowest BCUT2D eigenvalue weighted by Gasteiger charge is -2.13. The number of nitrogens with one attached hydrogen (secondary N) is 2. The van der Waals surface area contributed by atoms with Crippen LogP contribution >= 0.6 is 0 Å². The molecule has 0 radical (unpaired) electrons. The van der Waals surface area contributed by atoms with Crippen LogP contribution in [-0.2, 0) is 11.3 Å². The van der Waals surface area contributed by atoms with Gasteiger partial charge in [-0.1, -0.05) is 18.1 Å². The number of aromatic nitrogens is 1. The van der Waals surface area contributed by atoms with Crippen molar-refractivity contribution in [2.75, 3.05) is 10.6 Å². The van der Waals surface area contributed by atoms with E-state index in [4.69, 9.17) is 4.52 Å². The largest absolute Gasteiger partial charge is 0.379 e. The lowest BCUT2D eigenvalue weighted by molar-refractivity contribution is -0.116. The van der Waals surface area contributed by atoms with Gasteiger partial charge in [-0.25, -0.2) is 0 Å². The maximum absolute atomic E-state index is 11.7. The monoisotopic (exact) mass is 287 g/mol. The van der Waals surface area contributed by atoms with Gasteiger partial charge in [0.1, 0.15) is 11.5 Å². The Hall–Kier alpha value is -2.30. The van der Waals surface area contributed by atoms with Crippen molar-refractivity contribution in [3.63, 3.8) is 0 Å². The third-order valence-electron chi connectivity index (χ3n) is 3.22. The first-order valence-electron chi connectivity index (χ1n) is 7.15. The van der Waals surface area contributed by atoms with Gasteiger partial charge in [0.25, 0.3) is 0 Å². The molecule has 0 bridgehead atoms. The Balaban J connectivity index is 2.04. The summed E-state index contributed by atoms with van der Waals surface area (Å²) in [6, 6.07) is 7.71. The molecule has 0 fully saturated rings. The second-order valence-corrected chi connectivity index (χ2v) is 5.06. The number of anilines is 2. The molecule has 21 heavy (non-hydrogen) atoms. The molecule has 0 aliphatic carbocycles. The van der Waals surface area contributed by atoms with Crippen molar-refractivity contribution in [2.24, 2.45) is 0 Å². The van der Waals surface area contributed by atoms with Crippen LogP contribution < -0.4 is 10.6 Å². The molecule has 0 unspecified atom stereocenters. The Bertz CT molecular complexity index is 620. The van der Waals surface area contributed by atoms with Gasteiger partial charge >= 0.3 is 0 Å². The van der Waals surface area contributed by atoms with Crippen LogP contribution in [0.5, 0.6) is 0 Å².